The lowest BCUT2D eigenvalue weighted by molar-refractivity contribution is 0.103. The fourth-order valence-electron chi connectivity index (χ4n) is 1.66. The predicted molar refractivity (Wildman–Crippen MR) is 63.9 cm³/mol. The Kier molecular flexibility index (Phi) is 2.84. The summed E-state index contributed by atoms with van der Waals surface area (Å²) in [6, 6.07) is 8.71. The summed E-state index contributed by atoms with van der Waals surface area (Å²) < 4.78 is 1.71. The number of hydrogen-bond acceptors (Lipinski definition) is 1. The Morgan fingerprint density at radius 1 is 1.31 bits per heavy atom. The van der Waals surface area contributed by atoms with Crippen molar-refractivity contribution >= 4 is 17.4 Å². The lowest BCUT2D eigenvalue weighted by atomic mass is 10.1. The highest BCUT2D eigenvalue weighted by molar-refractivity contribution is 6.30. The molecule has 0 aliphatic heterocycles. The van der Waals surface area contributed by atoms with E-state index in [-0.39, 0.29) is 5.78 Å². The molecule has 0 bridgehead atoms. The van der Waals surface area contributed by atoms with E-state index in [2.05, 4.69) is 6.20 Å². The average molecular weight is 233 g/mol. The zero-order valence-corrected chi connectivity index (χ0v) is 9.88. The van der Waals surface area contributed by atoms with Crippen molar-refractivity contribution in [3.8, 4) is 0 Å². The van der Waals surface area contributed by atoms with E-state index in [1.807, 2.05) is 20.0 Å². The van der Waals surface area contributed by atoms with Gasteiger partial charge in [0.25, 0.3) is 0 Å². The second kappa shape index (κ2) is 4.14. The zero-order valence-electron chi connectivity index (χ0n) is 9.12. The third kappa shape index (κ3) is 1.89. The van der Waals surface area contributed by atoms with E-state index < -0.39 is 0 Å². The van der Waals surface area contributed by atoms with Crippen LogP contribution in [-0.2, 0) is 7.05 Å². The van der Waals surface area contributed by atoms with Crippen molar-refractivity contribution in [1.82, 2.24) is 4.57 Å². The minimum atomic E-state index is -0.00193. The first-order valence-corrected chi connectivity index (χ1v) is 5.31. The van der Waals surface area contributed by atoms with Gasteiger partial charge in [0, 0.05) is 17.6 Å². The number of hydrogen-bond donors (Lipinski definition) is 0. The van der Waals surface area contributed by atoms with Gasteiger partial charge in [0.15, 0.2) is 0 Å². The van der Waals surface area contributed by atoms with Gasteiger partial charge < -0.3 is 4.57 Å². The third-order valence-electron chi connectivity index (χ3n) is 2.51. The second-order valence-electron chi connectivity index (χ2n) is 3.70. The Morgan fingerprint density at radius 3 is 2.44 bits per heavy atom. The normalized spacial score (nSPS) is 10.4. The number of carbonyl (C=O) groups excluding carboxylic acids is 1. The molecule has 0 saturated carbocycles. The summed E-state index contributed by atoms with van der Waals surface area (Å²) in [6.45, 7) is 1.90. The van der Waals surface area contributed by atoms with Gasteiger partial charge in [-0.05, 0) is 42.8 Å². The van der Waals surface area contributed by atoms with E-state index in [4.69, 9.17) is 11.6 Å². The molecule has 1 heterocycles. The van der Waals surface area contributed by atoms with Gasteiger partial charge in [-0.15, -0.1) is 0 Å². The molecule has 81 valence electrons. The molecular formula is C13H11ClNO. The molecule has 0 unspecified atom stereocenters. The molecule has 2 nitrogen and oxygen atoms in total. The van der Waals surface area contributed by atoms with Crippen LogP contribution in [0.4, 0.5) is 0 Å². The quantitative estimate of drug-likeness (QED) is 0.730. The lowest BCUT2D eigenvalue weighted by Gasteiger charge is -2.04. The topological polar surface area (TPSA) is 22.0 Å². The van der Waals surface area contributed by atoms with E-state index in [0.717, 1.165) is 5.56 Å². The maximum Gasteiger partial charge on any atom is 0.209 e. The minimum absolute atomic E-state index is 0.00193. The van der Waals surface area contributed by atoms with Gasteiger partial charge in [0.2, 0.25) is 5.78 Å². The molecule has 0 fully saturated rings. The Hall–Kier alpha value is -1.54. The zero-order chi connectivity index (χ0) is 11.7. The SMILES string of the molecule is Cc1c[c]n(C)c1C(=O)c1ccc(Cl)cc1. The van der Waals surface area contributed by atoms with Gasteiger partial charge in [0.05, 0.1) is 11.9 Å². The number of aromatic nitrogens is 1. The van der Waals surface area contributed by atoms with Crippen LogP contribution in [0, 0.1) is 13.1 Å². The molecular weight excluding hydrogens is 222 g/mol. The highest BCUT2D eigenvalue weighted by atomic mass is 35.5. The number of rotatable bonds is 2. The van der Waals surface area contributed by atoms with Gasteiger partial charge in [-0.25, -0.2) is 0 Å². The number of benzene rings is 1. The molecule has 0 saturated heterocycles. The van der Waals surface area contributed by atoms with Crippen LogP contribution in [-0.4, -0.2) is 10.4 Å². The van der Waals surface area contributed by atoms with E-state index in [1.165, 1.54) is 0 Å². The van der Waals surface area contributed by atoms with E-state index >= 15 is 0 Å². The maximum atomic E-state index is 12.2. The molecule has 3 heteroatoms. The van der Waals surface area contributed by atoms with Crippen molar-refractivity contribution in [3.05, 3.63) is 58.4 Å². The molecule has 1 aromatic heterocycles. The Bertz CT molecular complexity index is 506. The van der Waals surface area contributed by atoms with Crippen molar-refractivity contribution in [3.63, 3.8) is 0 Å². The van der Waals surface area contributed by atoms with Gasteiger partial charge >= 0.3 is 0 Å². The molecule has 2 rings (SSSR count). The fourth-order valence-corrected chi connectivity index (χ4v) is 1.79. The summed E-state index contributed by atoms with van der Waals surface area (Å²) in [5, 5.41) is 0.631. The number of ketones is 1. The minimum Gasteiger partial charge on any atom is -0.339 e. The standard InChI is InChI=1S/C13H11ClNO/c1-9-7-8-15(2)12(9)13(16)10-3-5-11(14)6-4-10/h3-7H,1-2H3. The maximum absolute atomic E-state index is 12.2. The molecule has 0 spiro atoms. The molecule has 1 aromatic carbocycles. The van der Waals surface area contributed by atoms with E-state index in [9.17, 15) is 4.79 Å². The van der Waals surface area contributed by atoms with Crippen LogP contribution >= 0.6 is 11.6 Å². The highest BCUT2D eigenvalue weighted by Gasteiger charge is 2.14. The molecule has 0 N–H and O–H groups in total. The molecule has 0 aliphatic carbocycles. The van der Waals surface area contributed by atoms with Crippen molar-refractivity contribution in [2.75, 3.05) is 0 Å². The summed E-state index contributed by atoms with van der Waals surface area (Å²) in [6.07, 6.45) is 2.97. The predicted octanol–water partition coefficient (Wildman–Crippen LogP) is 3.02. The first-order chi connectivity index (χ1) is 7.59. The first kappa shape index (κ1) is 11.0. The molecule has 2 aromatic rings. The van der Waals surface area contributed by atoms with Gasteiger partial charge in [-0.3, -0.25) is 4.79 Å². The molecule has 0 aliphatic rings. The summed E-state index contributed by atoms with van der Waals surface area (Å²) >= 11 is 5.78. The Morgan fingerprint density at radius 2 is 1.94 bits per heavy atom. The van der Waals surface area contributed by atoms with Crippen molar-refractivity contribution in [1.29, 1.82) is 0 Å². The van der Waals surface area contributed by atoms with Crippen molar-refractivity contribution in [2.45, 2.75) is 6.92 Å². The van der Waals surface area contributed by atoms with Crippen LogP contribution in [0.3, 0.4) is 0 Å². The summed E-state index contributed by atoms with van der Waals surface area (Å²) in [5.41, 5.74) is 2.24. The number of carbonyl (C=O) groups is 1. The molecule has 0 atom stereocenters. The molecule has 1 radical (unpaired) electrons. The van der Waals surface area contributed by atoms with Crippen molar-refractivity contribution < 1.29 is 4.79 Å². The number of halogens is 1. The van der Waals surface area contributed by atoms with Gasteiger partial charge in [-0.1, -0.05) is 11.6 Å². The van der Waals surface area contributed by atoms with E-state index in [1.54, 1.807) is 28.8 Å². The smallest absolute Gasteiger partial charge is 0.209 e. The third-order valence-corrected chi connectivity index (χ3v) is 2.76. The summed E-state index contributed by atoms with van der Waals surface area (Å²) in [7, 11) is 1.82. The van der Waals surface area contributed by atoms with Gasteiger partial charge in [-0.2, -0.15) is 0 Å². The number of aryl methyl sites for hydroxylation is 2. The largest absolute Gasteiger partial charge is 0.339 e. The summed E-state index contributed by atoms with van der Waals surface area (Å²) in [4.78, 5) is 12.2. The van der Waals surface area contributed by atoms with Crippen molar-refractivity contribution in [2.24, 2.45) is 7.05 Å². The Balaban J connectivity index is 2.43. The average Bonchev–Trinajstić information content (AvgIpc) is 2.59. The van der Waals surface area contributed by atoms with E-state index in [0.29, 0.717) is 16.3 Å². The van der Waals surface area contributed by atoms with Crippen LogP contribution in [0.1, 0.15) is 21.6 Å². The second-order valence-corrected chi connectivity index (χ2v) is 4.14. The van der Waals surface area contributed by atoms with Crippen LogP contribution < -0.4 is 0 Å². The lowest BCUT2D eigenvalue weighted by Crippen LogP contribution is -2.08. The highest BCUT2D eigenvalue weighted by Crippen LogP contribution is 2.16. The molecule has 0 amide bonds. The van der Waals surface area contributed by atoms with Gasteiger partial charge in [0.1, 0.15) is 0 Å². The summed E-state index contributed by atoms with van der Waals surface area (Å²) in [5.74, 6) is -0.00193. The fraction of sp³-hybridized carbons (Fsp3) is 0.154. The van der Waals surface area contributed by atoms with Crippen LogP contribution in [0.5, 0.6) is 0 Å². The van der Waals surface area contributed by atoms with Crippen LogP contribution in [0.2, 0.25) is 5.02 Å². The van der Waals surface area contributed by atoms with Crippen LogP contribution in [0.25, 0.3) is 0 Å². The van der Waals surface area contributed by atoms with Crippen LogP contribution in [0.15, 0.2) is 30.3 Å². The Labute approximate surface area is 99.5 Å². The number of nitrogens with zero attached hydrogens (tertiary/aromatic N) is 1. The monoisotopic (exact) mass is 232 g/mol. The first-order valence-electron chi connectivity index (χ1n) is 4.94. The molecule has 16 heavy (non-hydrogen) atoms.